The zero-order valence-electron chi connectivity index (χ0n) is 18.2. The predicted molar refractivity (Wildman–Crippen MR) is 126 cm³/mol. The highest BCUT2D eigenvalue weighted by Crippen LogP contribution is 2.30. The van der Waals surface area contributed by atoms with E-state index in [2.05, 4.69) is 9.97 Å². The number of hydrogen-bond donors (Lipinski definition) is 0. The van der Waals surface area contributed by atoms with Gasteiger partial charge in [-0.2, -0.15) is 0 Å². The van der Waals surface area contributed by atoms with Gasteiger partial charge in [0.1, 0.15) is 47.9 Å². The maximum atomic E-state index is 12.1. The number of methoxy groups -OCH3 is 1. The molecule has 0 aliphatic carbocycles. The second-order valence-corrected chi connectivity index (χ2v) is 9.14. The summed E-state index contributed by atoms with van der Waals surface area (Å²) in [4.78, 5) is 21.3. The monoisotopic (exact) mass is 496 g/mol. The first-order chi connectivity index (χ1) is 16.7. The van der Waals surface area contributed by atoms with Gasteiger partial charge in [-0.3, -0.25) is 0 Å². The molecule has 174 valence electrons. The SMILES string of the molecule is COC(=O)c1cc2cc(c1)OCc1csc(n1)COc1ccccc1OCc1nc(cs1)CO2. The molecule has 2 aromatic carbocycles. The highest BCUT2D eigenvalue weighted by atomic mass is 32.1. The summed E-state index contributed by atoms with van der Waals surface area (Å²) < 4.78 is 28.6. The van der Waals surface area contributed by atoms with Crippen LogP contribution in [0.2, 0.25) is 0 Å². The third kappa shape index (κ3) is 5.29. The second kappa shape index (κ2) is 10.1. The summed E-state index contributed by atoms with van der Waals surface area (Å²) in [6.45, 7) is 1.08. The number of benzene rings is 2. The van der Waals surface area contributed by atoms with Crippen LogP contribution in [-0.2, 0) is 31.2 Å². The van der Waals surface area contributed by atoms with Gasteiger partial charge in [0, 0.05) is 16.8 Å². The van der Waals surface area contributed by atoms with Crippen molar-refractivity contribution in [2.75, 3.05) is 7.11 Å². The Labute approximate surface area is 203 Å². The minimum atomic E-state index is -0.477. The lowest BCUT2D eigenvalue weighted by atomic mass is 10.2. The number of ether oxygens (including phenoxy) is 5. The molecule has 0 radical (unpaired) electrons. The van der Waals surface area contributed by atoms with Crippen molar-refractivity contribution in [2.45, 2.75) is 26.4 Å². The fourth-order valence-electron chi connectivity index (χ4n) is 3.22. The Kier molecular flexibility index (Phi) is 6.59. The lowest BCUT2D eigenvalue weighted by Crippen LogP contribution is -2.05. The van der Waals surface area contributed by atoms with E-state index in [1.807, 2.05) is 35.0 Å². The van der Waals surface area contributed by atoms with Crippen molar-refractivity contribution >= 4 is 28.6 Å². The Bertz CT molecular complexity index is 1210. The molecule has 0 fully saturated rings. The molecule has 10 heteroatoms. The molecule has 0 saturated carbocycles. The lowest BCUT2D eigenvalue weighted by Gasteiger charge is -2.11. The lowest BCUT2D eigenvalue weighted by molar-refractivity contribution is 0.0599. The van der Waals surface area contributed by atoms with Crippen LogP contribution in [0, 0.1) is 0 Å². The maximum Gasteiger partial charge on any atom is 0.338 e. The van der Waals surface area contributed by atoms with E-state index in [-0.39, 0.29) is 13.2 Å². The molecule has 4 aromatic rings. The largest absolute Gasteiger partial charge is 0.487 e. The topological polar surface area (TPSA) is 89.0 Å². The Morgan fingerprint density at radius 2 is 1.32 bits per heavy atom. The van der Waals surface area contributed by atoms with E-state index in [9.17, 15) is 4.79 Å². The maximum absolute atomic E-state index is 12.1. The van der Waals surface area contributed by atoms with Crippen molar-refractivity contribution in [1.29, 1.82) is 0 Å². The molecular weight excluding hydrogens is 476 g/mol. The van der Waals surface area contributed by atoms with E-state index >= 15 is 0 Å². The molecule has 8 nitrogen and oxygen atoms in total. The summed E-state index contributed by atoms with van der Waals surface area (Å²) in [5.74, 6) is 1.75. The number of aromatic nitrogens is 2. The molecule has 2 aromatic heterocycles. The third-order valence-corrected chi connectivity index (χ3v) is 6.57. The van der Waals surface area contributed by atoms with Gasteiger partial charge in [-0.15, -0.1) is 22.7 Å². The van der Waals surface area contributed by atoms with Gasteiger partial charge in [-0.25, -0.2) is 14.8 Å². The molecule has 0 saturated heterocycles. The molecule has 0 unspecified atom stereocenters. The van der Waals surface area contributed by atoms with Crippen LogP contribution in [0.4, 0.5) is 0 Å². The van der Waals surface area contributed by atoms with Gasteiger partial charge in [0.2, 0.25) is 0 Å². The van der Waals surface area contributed by atoms with Crippen molar-refractivity contribution in [3.8, 4) is 23.0 Å². The summed E-state index contributed by atoms with van der Waals surface area (Å²) in [5, 5.41) is 5.45. The summed E-state index contributed by atoms with van der Waals surface area (Å²) in [7, 11) is 1.33. The quantitative estimate of drug-likeness (QED) is 0.340. The van der Waals surface area contributed by atoms with Gasteiger partial charge in [0.25, 0.3) is 0 Å². The normalized spacial score (nSPS) is 13.4. The number of carbonyl (C=O) groups excluding carboxylic acids is 1. The fourth-order valence-corrected chi connectivity index (χ4v) is 4.60. The van der Waals surface area contributed by atoms with Crippen molar-refractivity contribution < 1.29 is 28.5 Å². The van der Waals surface area contributed by atoms with Crippen molar-refractivity contribution in [2.24, 2.45) is 0 Å². The van der Waals surface area contributed by atoms with E-state index in [4.69, 9.17) is 23.7 Å². The first-order valence-corrected chi connectivity index (χ1v) is 12.1. The van der Waals surface area contributed by atoms with Crippen LogP contribution < -0.4 is 18.9 Å². The summed E-state index contributed by atoms with van der Waals surface area (Å²) in [6, 6.07) is 12.5. The second-order valence-electron chi connectivity index (χ2n) is 7.25. The minimum absolute atomic E-state index is 0.232. The highest BCUT2D eigenvalue weighted by molar-refractivity contribution is 7.09. The zero-order chi connectivity index (χ0) is 23.3. The number of hydrogen-bond acceptors (Lipinski definition) is 10. The number of nitrogens with zero attached hydrogens (tertiary/aromatic N) is 2. The first kappa shape index (κ1) is 22.2. The zero-order valence-corrected chi connectivity index (χ0v) is 19.8. The van der Waals surface area contributed by atoms with Crippen LogP contribution in [-0.4, -0.2) is 23.0 Å². The Morgan fingerprint density at radius 1 is 0.794 bits per heavy atom. The molecule has 0 spiro atoms. The molecule has 6 bridgehead atoms. The Balaban J connectivity index is 1.44. The van der Waals surface area contributed by atoms with Crippen molar-refractivity contribution in [1.82, 2.24) is 9.97 Å². The average Bonchev–Trinajstić information content (AvgIpc) is 3.52. The van der Waals surface area contributed by atoms with Crippen LogP contribution in [0.5, 0.6) is 23.0 Å². The van der Waals surface area contributed by atoms with Crippen LogP contribution in [0.15, 0.2) is 53.2 Å². The Morgan fingerprint density at radius 3 is 1.82 bits per heavy atom. The average molecular weight is 497 g/mol. The van der Waals surface area contributed by atoms with Gasteiger partial charge in [0.15, 0.2) is 11.5 Å². The van der Waals surface area contributed by atoms with Crippen LogP contribution in [0.3, 0.4) is 0 Å². The molecule has 34 heavy (non-hydrogen) atoms. The van der Waals surface area contributed by atoms with Crippen LogP contribution in [0.25, 0.3) is 0 Å². The van der Waals surface area contributed by atoms with Crippen molar-refractivity contribution in [3.05, 3.63) is 80.2 Å². The molecular formula is C24H20N2O6S2. The summed E-state index contributed by atoms with van der Waals surface area (Å²) in [5.41, 5.74) is 1.84. The van der Waals surface area contributed by atoms with Gasteiger partial charge in [-0.1, -0.05) is 12.1 Å². The molecule has 3 heterocycles. The first-order valence-electron chi connectivity index (χ1n) is 10.4. The van der Waals surface area contributed by atoms with E-state index in [0.29, 0.717) is 41.8 Å². The van der Waals surface area contributed by atoms with E-state index in [0.717, 1.165) is 21.4 Å². The molecule has 0 N–H and O–H groups in total. The fraction of sp³-hybridized carbons (Fsp3) is 0.208. The predicted octanol–water partition coefficient (Wildman–Crippen LogP) is 5.02. The molecule has 1 aliphatic heterocycles. The molecule has 5 rings (SSSR count). The van der Waals surface area contributed by atoms with Crippen LogP contribution >= 0.6 is 22.7 Å². The third-order valence-electron chi connectivity index (χ3n) is 4.82. The van der Waals surface area contributed by atoms with Gasteiger partial charge < -0.3 is 23.7 Å². The summed E-state index contributed by atoms with van der Waals surface area (Å²) in [6.07, 6.45) is 0. The van der Waals surface area contributed by atoms with E-state index in [1.54, 1.807) is 18.2 Å². The minimum Gasteiger partial charge on any atom is -0.487 e. The van der Waals surface area contributed by atoms with Crippen LogP contribution in [0.1, 0.15) is 31.8 Å². The number of rotatable bonds is 1. The highest BCUT2D eigenvalue weighted by Gasteiger charge is 2.14. The van der Waals surface area contributed by atoms with Crippen molar-refractivity contribution in [3.63, 3.8) is 0 Å². The molecule has 0 amide bonds. The van der Waals surface area contributed by atoms with E-state index < -0.39 is 5.97 Å². The van der Waals surface area contributed by atoms with Gasteiger partial charge in [0.05, 0.1) is 24.1 Å². The molecule has 1 aliphatic rings. The smallest absolute Gasteiger partial charge is 0.338 e. The van der Waals surface area contributed by atoms with Gasteiger partial charge in [-0.05, 0) is 24.3 Å². The van der Waals surface area contributed by atoms with Gasteiger partial charge >= 0.3 is 5.97 Å². The summed E-state index contributed by atoms with van der Waals surface area (Å²) >= 11 is 2.97. The number of esters is 1. The standard InChI is InChI=1S/C24H20N2O6S2/c1-28-24(27)15-6-18-8-19(7-15)30-10-17-14-34-23(26-17)12-32-21-5-3-2-4-20(21)31-11-22-25-16(9-29-18)13-33-22/h2-8,13-14H,9-12H2,1H3. The number of para-hydroxylation sites is 2. The molecule has 0 atom stereocenters. The number of carbonyl (C=O) groups is 1. The number of thiazole rings is 2. The Hall–Kier alpha value is -3.63. The van der Waals surface area contributed by atoms with E-state index in [1.165, 1.54) is 29.8 Å². The number of fused-ring (bicyclic) bond motifs is 7.